The maximum atomic E-state index is 11.7. The quantitative estimate of drug-likeness (QED) is 0.237. The SMILES string of the molecule is CCOC(=O)C(NC(=O)CNC(=O)CNC(=O)CN)C(=O)OCC. The summed E-state index contributed by atoms with van der Waals surface area (Å²) in [6.45, 7) is 1.98. The molecule has 0 spiro atoms. The minimum Gasteiger partial charge on any atom is -0.464 e. The first-order valence-corrected chi connectivity index (χ1v) is 7.21. The summed E-state index contributed by atoms with van der Waals surface area (Å²) in [5.41, 5.74) is 5.05. The first kappa shape index (κ1) is 21.3. The average molecular weight is 346 g/mol. The van der Waals surface area contributed by atoms with Gasteiger partial charge in [0.15, 0.2) is 0 Å². The second-order valence-corrected chi connectivity index (χ2v) is 4.26. The second kappa shape index (κ2) is 11.8. The molecule has 0 aromatic carbocycles. The molecule has 3 amide bonds. The highest BCUT2D eigenvalue weighted by Crippen LogP contribution is 1.94. The van der Waals surface area contributed by atoms with Crippen molar-refractivity contribution in [2.24, 2.45) is 5.73 Å². The van der Waals surface area contributed by atoms with Gasteiger partial charge >= 0.3 is 11.9 Å². The number of amides is 3. The standard InChI is InChI=1S/C13H22N4O7/c1-3-23-12(21)11(13(22)24-4-2)17-10(20)7-16-9(19)6-15-8(18)5-14/h11H,3-7,14H2,1-2H3,(H,15,18)(H,16,19)(H,17,20). The topological polar surface area (TPSA) is 166 Å². The summed E-state index contributed by atoms with van der Waals surface area (Å²) in [6, 6.07) is -1.62. The smallest absolute Gasteiger partial charge is 0.340 e. The lowest BCUT2D eigenvalue weighted by Gasteiger charge is -2.16. The molecule has 0 fully saturated rings. The Morgan fingerprint density at radius 3 is 1.75 bits per heavy atom. The number of ether oxygens (including phenoxy) is 2. The van der Waals surface area contributed by atoms with E-state index in [9.17, 15) is 24.0 Å². The van der Waals surface area contributed by atoms with Gasteiger partial charge in [0.05, 0.1) is 32.8 Å². The third-order valence-electron chi connectivity index (χ3n) is 2.43. The van der Waals surface area contributed by atoms with Gasteiger partial charge in [-0.1, -0.05) is 0 Å². The van der Waals surface area contributed by atoms with E-state index in [0.29, 0.717) is 0 Å². The van der Waals surface area contributed by atoms with Crippen LogP contribution in [0.1, 0.15) is 13.8 Å². The fourth-order valence-corrected chi connectivity index (χ4v) is 1.37. The van der Waals surface area contributed by atoms with Crippen molar-refractivity contribution in [2.45, 2.75) is 19.9 Å². The maximum absolute atomic E-state index is 11.7. The van der Waals surface area contributed by atoms with Crippen molar-refractivity contribution >= 4 is 29.7 Å². The molecule has 0 atom stereocenters. The van der Waals surface area contributed by atoms with Crippen LogP contribution in [0.25, 0.3) is 0 Å². The zero-order valence-electron chi connectivity index (χ0n) is 13.5. The van der Waals surface area contributed by atoms with Gasteiger partial charge in [0, 0.05) is 0 Å². The lowest BCUT2D eigenvalue weighted by atomic mass is 10.3. The van der Waals surface area contributed by atoms with E-state index in [1.807, 2.05) is 0 Å². The Hall–Kier alpha value is -2.69. The van der Waals surface area contributed by atoms with E-state index in [0.717, 1.165) is 0 Å². The number of esters is 2. The van der Waals surface area contributed by atoms with Crippen molar-refractivity contribution < 1.29 is 33.4 Å². The van der Waals surface area contributed by atoms with Gasteiger partial charge in [0.2, 0.25) is 23.8 Å². The molecule has 0 saturated carbocycles. The summed E-state index contributed by atoms with van der Waals surface area (Å²) in [5.74, 6) is -3.91. The van der Waals surface area contributed by atoms with E-state index < -0.39 is 42.2 Å². The van der Waals surface area contributed by atoms with Crippen LogP contribution in [0, 0.1) is 0 Å². The highest BCUT2D eigenvalue weighted by Gasteiger charge is 2.31. The normalized spacial score (nSPS) is 9.83. The van der Waals surface area contributed by atoms with E-state index in [1.165, 1.54) is 13.8 Å². The number of carbonyl (C=O) groups excluding carboxylic acids is 5. The molecule has 0 aromatic heterocycles. The fourth-order valence-electron chi connectivity index (χ4n) is 1.37. The van der Waals surface area contributed by atoms with Gasteiger partial charge < -0.3 is 31.2 Å². The number of nitrogens with two attached hydrogens (primary N) is 1. The maximum Gasteiger partial charge on any atom is 0.340 e. The molecule has 0 aliphatic carbocycles. The minimum atomic E-state index is -1.62. The van der Waals surface area contributed by atoms with Gasteiger partial charge in [0.25, 0.3) is 0 Å². The van der Waals surface area contributed by atoms with E-state index in [1.54, 1.807) is 0 Å². The Bertz CT molecular complexity index is 463. The zero-order chi connectivity index (χ0) is 18.5. The van der Waals surface area contributed by atoms with E-state index >= 15 is 0 Å². The highest BCUT2D eigenvalue weighted by atomic mass is 16.6. The number of carbonyl (C=O) groups is 5. The minimum absolute atomic E-state index is 0.0161. The molecular weight excluding hydrogens is 324 g/mol. The zero-order valence-corrected chi connectivity index (χ0v) is 13.5. The lowest BCUT2D eigenvalue weighted by Crippen LogP contribution is -2.51. The molecule has 136 valence electrons. The van der Waals surface area contributed by atoms with Gasteiger partial charge in [-0.3, -0.25) is 14.4 Å². The Kier molecular flexibility index (Phi) is 10.5. The molecule has 5 N–H and O–H groups in total. The van der Waals surface area contributed by atoms with Crippen molar-refractivity contribution in [1.82, 2.24) is 16.0 Å². The van der Waals surface area contributed by atoms with Gasteiger partial charge in [0.1, 0.15) is 0 Å². The Morgan fingerprint density at radius 2 is 1.29 bits per heavy atom. The van der Waals surface area contributed by atoms with Crippen molar-refractivity contribution in [1.29, 1.82) is 0 Å². The second-order valence-electron chi connectivity index (χ2n) is 4.26. The van der Waals surface area contributed by atoms with Crippen LogP contribution in [0.3, 0.4) is 0 Å². The molecule has 0 saturated heterocycles. The molecule has 0 radical (unpaired) electrons. The molecular formula is C13H22N4O7. The van der Waals surface area contributed by atoms with Gasteiger partial charge in [-0.25, -0.2) is 9.59 Å². The van der Waals surface area contributed by atoms with Gasteiger partial charge in [-0.05, 0) is 13.8 Å². The number of nitrogens with one attached hydrogen (secondary N) is 3. The number of hydrogen-bond donors (Lipinski definition) is 4. The first-order chi connectivity index (χ1) is 11.3. The van der Waals surface area contributed by atoms with Crippen molar-refractivity contribution in [3.8, 4) is 0 Å². The predicted octanol–water partition coefficient (Wildman–Crippen LogP) is -3.21. The molecule has 24 heavy (non-hydrogen) atoms. The highest BCUT2D eigenvalue weighted by molar-refractivity contribution is 6.03. The third kappa shape index (κ3) is 8.68. The van der Waals surface area contributed by atoms with E-state index in [4.69, 9.17) is 5.73 Å². The van der Waals surface area contributed by atoms with Crippen LogP contribution in [0.15, 0.2) is 0 Å². The molecule has 0 aliphatic heterocycles. The largest absolute Gasteiger partial charge is 0.464 e. The van der Waals surface area contributed by atoms with Crippen LogP contribution < -0.4 is 21.7 Å². The Balaban J connectivity index is 4.45. The van der Waals surface area contributed by atoms with Crippen molar-refractivity contribution in [3.05, 3.63) is 0 Å². The fraction of sp³-hybridized carbons (Fsp3) is 0.615. The summed E-state index contributed by atoms with van der Waals surface area (Å²) in [4.78, 5) is 57.3. The van der Waals surface area contributed by atoms with Crippen LogP contribution in [-0.2, 0) is 33.4 Å². The molecule has 0 aromatic rings. The predicted molar refractivity (Wildman–Crippen MR) is 80.3 cm³/mol. The molecule has 11 nitrogen and oxygen atoms in total. The Morgan fingerprint density at radius 1 is 0.833 bits per heavy atom. The summed E-state index contributed by atoms with van der Waals surface area (Å²) in [7, 11) is 0. The molecule has 0 aliphatic rings. The van der Waals surface area contributed by atoms with Gasteiger partial charge in [-0.2, -0.15) is 0 Å². The van der Waals surface area contributed by atoms with Crippen LogP contribution in [0.5, 0.6) is 0 Å². The number of hydrogen-bond acceptors (Lipinski definition) is 8. The summed E-state index contributed by atoms with van der Waals surface area (Å²) in [5, 5.41) is 6.52. The Labute approximate surface area is 138 Å². The van der Waals surface area contributed by atoms with Crippen molar-refractivity contribution in [2.75, 3.05) is 32.8 Å². The molecule has 0 unspecified atom stereocenters. The summed E-state index contributed by atoms with van der Waals surface area (Å²) in [6.07, 6.45) is 0. The first-order valence-electron chi connectivity index (χ1n) is 7.21. The van der Waals surface area contributed by atoms with Crippen LogP contribution in [-0.4, -0.2) is 68.6 Å². The lowest BCUT2D eigenvalue weighted by molar-refractivity contribution is -0.159. The van der Waals surface area contributed by atoms with Crippen LogP contribution in [0.2, 0.25) is 0 Å². The monoisotopic (exact) mass is 346 g/mol. The van der Waals surface area contributed by atoms with E-state index in [-0.39, 0.29) is 26.3 Å². The van der Waals surface area contributed by atoms with Crippen LogP contribution in [0.4, 0.5) is 0 Å². The average Bonchev–Trinajstić information content (AvgIpc) is 2.55. The molecule has 0 rings (SSSR count). The molecule has 11 heteroatoms. The molecule has 0 bridgehead atoms. The third-order valence-corrected chi connectivity index (χ3v) is 2.43. The van der Waals surface area contributed by atoms with E-state index in [2.05, 4.69) is 25.4 Å². The summed E-state index contributed by atoms with van der Waals surface area (Å²) >= 11 is 0. The summed E-state index contributed by atoms with van der Waals surface area (Å²) < 4.78 is 9.35. The van der Waals surface area contributed by atoms with Crippen LogP contribution >= 0.6 is 0 Å². The number of rotatable bonds is 10. The molecule has 0 heterocycles. The van der Waals surface area contributed by atoms with Gasteiger partial charge in [-0.15, -0.1) is 0 Å². The van der Waals surface area contributed by atoms with Crippen molar-refractivity contribution in [3.63, 3.8) is 0 Å².